The molecule has 5 nitrogen and oxygen atoms in total. The number of nitrogen functional groups attached to an aromatic ring is 1. The van der Waals surface area contributed by atoms with Crippen molar-refractivity contribution in [1.82, 2.24) is 4.31 Å². The second kappa shape index (κ2) is 4.87. The van der Waals surface area contributed by atoms with Crippen molar-refractivity contribution in [3.05, 3.63) is 23.8 Å². The van der Waals surface area contributed by atoms with Crippen LogP contribution in [0.15, 0.2) is 23.1 Å². The van der Waals surface area contributed by atoms with Crippen molar-refractivity contribution in [2.75, 3.05) is 18.9 Å². The van der Waals surface area contributed by atoms with E-state index < -0.39 is 10.0 Å². The van der Waals surface area contributed by atoms with Crippen LogP contribution in [0, 0.1) is 6.92 Å². The lowest BCUT2D eigenvalue weighted by Crippen LogP contribution is -2.37. The molecule has 0 unspecified atom stereocenters. The van der Waals surface area contributed by atoms with E-state index >= 15 is 0 Å². The van der Waals surface area contributed by atoms with Crippen LogP contribution in [0.25, 0.3) is 0 Å². The molecule has 0 radical (unpaired) electrons. The van der Waals surface area contributed by atoms with E-state index in [0.29, 0.717) is 24.2 Å². The summed E-state index contributed by atoms with van der Waals surface area (Å²) in [6.07, 6.45) is 1.49. The minimum absolute atomic E-state index is 0.138. The summed E-state index contributed by atoms with van der Waals surface area (Å²) in [5, 5.41) is 9.24. The predicted octanol–water partition coefficient (Wildman–Crippen LogP) is 0.723. The van der Waals surface area contributed by atoms with E-state index in [1.54, 1.807) is 25.1 Å². The molecule has 1 atom stereocenters. The lowest BCUT2D eigenvalue weighted by Gasteiger charge is -2.23. The molecule has 100 valence electrons. The molecule has 1 aromatic rings. The Balaban J connectivity index is 2.45. The number of aliphatic hydroxyl groups is 1. The van der Waals surface area contributed by atoms with Crippen LogP contribution in [0.3, 0.4) is 0 Å². The maximum absolute atomic E-state index is 12.5. The van der Waals surface area contributed by atoms with Crippen LogP contribution in [0.5, 0.6) is 0 Å². The summed E-state index contributed by atoms with van der Waals surface area (Å²) in [6, 6.07) is 4.57. The highest BCUT2D eigenvalue weighted by Crippen LogP contribution is 2.29. The number of nitrogens with two attached hydrogens (primary N) is 1. The molecule has 6 heteroatoms. The van der Waals surface area contributed by atoms with Crippen LogP contribution in [0.2, 0.25) is 0 Å². The number of hydrogen-bond donors (Lipinski definition) is 2. The summed E-state index contributed by atoms with van der Waals surface area (Å²) in [4.78, 5) is 0.239. The zero-order valence-corrected chi connectivity index (χ0v) is 11.2. The van der Waals surface area contributed by atoms with Crippen molar-refractivity contribution in [3.8, 4) is 0 Å². The lowest BCUT2D eigenvalue weighted by atomic mass is 10.2. The third kappa shape index (κ3) is 2.11. The van der Waals surface area contributed by atoms with Crippen molar-refractivity contribution >= 4 is 15.7 Å². The summed E-state index contributed by atoms with van der Waals surface area (Å²) >= 11 is 0. The molecular weight excluding hydrogens is 252 g/mol. The molecule has 1 heterocycles. The monoisotopic (exact) mass is 270 g/mol. The van der Waals surface area contributed by atoms with Gasteiger partial charge >= 0.3 is 0 Å². The molecule has 1 aliphatic heterocycles. The molecule has 18 heavy (non-hydrogen) atoms. The molecule has 0 spiro atoms. The van der Waals surface area contributed by atoms with Gasteiger partial charge in [0, 0.05) is 18.3 Å². The quantitative estimate of drug-likeness (QED) is 0.793. The minimum Gasteiger partial charge on any atom is -0.398 e. The standard InChI is InChI=1S/C12H18N2O3S/c1-9-11(13)5-2-6-12(9)18(16,17)14-7-3-4-10(14)8-15/h2,5-6,10,15H,3-4,7-8,13H2,1H3/t10-/m0/s1. The fraction of sp³-hybridized carbons (Fsp3) is 0.500. The topological polar surface area (TPSA) is 83.6 Å². The molecule has 1 aliphatic rings. The maximum Gasteiger partial charge on any atom is 0.243 e. The van der Waals surface area contributed by atoms with Gasteiger partial charge in [0.25, 0.3) is 0 Å². The van der Waals surface area contributed by atoms with E-state index in [9.17, 15) is 13.5 Å². The van der Waals surface area contributed by atoms with E-state index in [0.717, 1.165) is 6.42 Å². The Morgan fingerprint density at radius 1 is 1.50 bits per heavy atom. The van der Waals surface area contributed by atoms with Gasteiger partial charge in [0.15, 0.2) is 0 Å². The molecule has 3 N–H and O–H groups in total. The van der Waals surface area contributed by atoms with Crippen LogP contribution in [0.4, 0.5) is 5.69 Å². The molecule has 0 bridgehead atoms. The second-order valence-corrected chi connectivity index (χ2v) is 6.42. The molecule has 1 fully saturated rings. The Morgan fingerprint density at radius 2 is 2.22 bits per heavy atom. The van der Waals surface area contributed by atoms with Gasteiger partial charge in [-0.05, 0) is 37.5 Å². The van der Waals surface area contributed by atoms with E-state index in [1.165, 1.54) is 4.31 Å². The molecule has 2 rings (SSSR count). The number of aliphatic hydroxyl groups excluding tert-OH is 1. The van der Waals surface area contributed by atoms with Crippen molar-refractivity contribution in [1.29, 1.82) is 0 Å². The first-order valence-electron chi connectivity index (χ1n) is 5.96. The van der Waals surface area contributed by atoms with E-state index in [2.05, 4.69) is 0 Å². The average molecular weight is 270 g/mol. The van der Waals surface area contributed by atoms with Crippen LogP contribution in [-0.4, -0.2) is 37.0 Å². The highest BCUT2D eigenvalue weighted by molar-refractivity contribution is 7.89. The number of benzene rings is 1. The smallest absolute Gasteiger partial charge is 0.243 e. The van der Waals surface area contributed by atoms with Gasteiger partial charge in [-0.15, -0.1) is 0 Å². The normalized spacial score (nSPS) is 21.3. The minimum atomic E-state index is -3.56. The Morgan fingerprint density at radius 3 is 2.89 bits per heavy atom. The molecule has 1 saturated heterocycles. The van der Waals surface area contributed by atoms with Gasteiger partial charge in [-0.2, -0.15) is 4.31 Å². The molecule has 0 aliphatic carbocycles. The largest absolute Gasteiger partial charge is 0.398 e. The first kappa shape index (κ1) is 13.3. The first-order valence-corrected chi connectivity index (χ1v) is 7.40. The van der Waals surface area contributed by atoms with Gasteiger partial charge in [0.2, 0.25) is 10.0 Å². The van der Waals surface area contributed by atoms with E-state index in [-0.39, 0.29) is 17.5 Å². The number of anilines is 1. The molecule has 0 amide bonds. The van der Waals surface area contributed by atoms with Gasteiger partial charge in [0.05, 0.1) is 11.5 Å². The van der Waals surface area contributed by atoms with Crippen LogP contribution < -0.4 is 5.73 Å². The zero-order chi connectivity index (χ0) is 13.3. The summed E-state index contributed by atoms with van der Waals surface area (Å²) in [6.45, 7) is 2.02. The van der Waals surface area contributed by atoms with Crippen molar-refractivity contribution in [2.45, 2.75) is 30.7 Å². The zero-order valence-electron chi connectivity index (χ0n) is 10.3. The van der Waals surface area contributed by atoms with Crippen LogP contribution >= 0.6 is 0 Å². The van der Waals surface area contributed by atoms with Gasteiger partial charge in [-0.25, -0.2) is 8.42 Å². The fourth-order valence-corrected chi connectivity index (χ4v) is 4.29. The van der Waals surface area contributed by atoms with Gasteiger partial charge < -0.3 is 10.8 Å². The molecule has 0 aromatic heterocycles. The maximum atomic E-state index is 12.5. The van der Waals surface area contributed by atoms with E-state index in [1.807, 2.05) is 0 Å². The Hall–Kier alpha value is -1.11. The number of rotatable bonds is 3. The second-order valence-electron chi connectivity index (χ2n) is 4.56. The van der Waals surface area contributed by atoms with Crippen molar-refractivity contribution < 1.29 is 13.5 Å². The predicted molar refractivity (Wildman–Crippen MR) is 69.6 cm³/mol. The van der Waals surface area contributed by atoms with E-state index in [4.69, 9.17) is 5.73 Å². The summed E-state index contributed by atoms with van der Waals surface area (Å²) < 4.78 is 26.5. The van der Waals surface area contributed by atoms with Crippen molar-refractivity contribution in [2.24, 2.45) is 0 Å². The third-order valence-corrected chi connectivity index (χ3v) is 5.54. The molecule has 1 aromatic carbocycles. The Bertz CT molecular complexity index is 542. The molecular formula is C12H18N2O3S. The molecule has 0 saturated carbocycles. The number of hydrogen-bond acceptors (Lipinski definition) is 4. The lowest BCUT2D eigenvalue weighted by molar-refractivity contribution is 0.213. The average Bonchev–Trinajstić information content (AvgIpc) is 2.81. The SMILES string of the molecule is Cc1c(N)cccc1S(=O)(=O)N1CCC[C@H]1CO. The number of sulfonamides is 1. The van der Waals surface area contributed by atoms with Gasteiger partial charge in [-0.3, -0.25) is 0 Å². The summed E-state index contributed by atoms with van der Waals surface area (Å²) in [7, 11) is -3.56. The summed E-state index contributed by atoms with van der Waals surface area (Å²) in [5.41, 5.74) is 6.79. The first-order chi connectivity index (χ1) is 8.48. The van der Waals surface area contributed by atoms with Crippen molar-refractivity contribution in [3.63, 3.8) is 0 Å². The number of nitrogens with zero attached hydrogens (tertiary/aromatic N) is 1. The van der Waals surface area contributed by atoms with Gasteiger partial charge in [0.1, 0.15) is 0 Å². The Kier molecular flexibility index (Phi) is 3.61. The third-order valence-electron chi connectivity index (χ3n) is 3.45. The van der Waals surface area contributed by atoms with Gasteiger partial charge in [-0.1, -0.05) is 6.07 Å². The fourth-order valence-electron chi connectivity index (χ4n) is 2.35. The Labute approximate surface area is 107 Å². The summed E-state index contributed by atoms with van der Waals surface area (Å²) in [5.74, 6) is 0. The van der Waals surface area contributed by atoms with Crippen LogP contribution in [-0.2, 0) is 10.0 Å². The van der Waals surface area contributed by atoms with Crippen LogP contribution in [0.1, 0.15) is 18.4 Å². The highest BCUT2D eigenvalue weighted by Gasteiger charge is 2.35. The highest BCUT2D eigenvalue weighted by atomic mass is 32.2.